The number of amides is 1. The van der Waals surface area contributed by atoms with E-state index in [2.05, 4.69) is 15.3 Å². The first-order chi connectivity index (χ1) is 14.1. The Balaban J connectivity index is 1.35. The SMILES string of the molecule is O=C(Nc1ccc2nc(C3CC3)c(Cl)n2c1)c1ccc(-c2ccc(Cl)cn2)cc1. The Morgan fingerprint density at radius 2 is 1.83 bits per heavy atom. The van der Waals surface area contributed by atoms with Crippen LogP contribution < -0.4 is 5.32 Å². The van der Waals surface area contributed by atoms with Gasteiger partial charge in [-0.25, -0.2) is 4.98 Å². The van der Waals surface area contributed by atoms with E-state index in [4.69, 9.17) is 23.2 Å². The van der Waals surface area contributed by atoms with Crippen molar-refractivity contribution in [3.05, 3.63) is 82.4 Å². The van der Waals surface area contributed by atoms with Crippen LogP contribution in [0.1, 0.15) is 34.8 Å². The molecule has 1 N–H and O–H groups in total. The highest BCUT2D eigenvalue weighted by Crippen LogP contribution is 2.42. The maximum Gasteiger partial charge on any atom is 0.255 e. The average molecular weight is 423 g/mol. The molecule has 4 aromatic rings. The monoisotopic (exact) mass is 422 g/mol. The Bertz CT molecular complexity index is 1210. The van der Waals surface area contributed by atoms with Crippen LogP contribution in [0.3, 0.4) is 0 Å². The molecule has 0 saturated heterocycles. The minimum atomic E-state index is -0.196. The van der Waals surface area contributed by atoms with Crippen LogP contribution in [0.2, 0.25) is 10.2 Å². The highest BCUT2D eigenvalue weighted by molar-refractivity contribution is 6.30. The van der Waals surface area contributed by atoms with Gasteiger partial charge in [-0.3, -0.25) is 14.2 Å². The second-order valence-corrected chi connectivity index (χ2v) is 7.90. The van der Waals surface area contributed by atoms with E-state index in [0.29, 0.717) is 27.3 Å². The lowest BCUT2D eigenvalue weighted by Gasteiger charge is -2.07. The molecule has 0 atom stereocenters. The first kappa shape index (κ1) is 18.2. The van der Waals surface area contributed by atoms with Crippen LogP contribution in [-0.4, -0.2) is 20.3 Å². The third-order valence-corrected chi connectivity index (χ3v) is 5.58. The van der Waals surface area contributed by atoms with Crippen molar-refractivity contribution in [2.75, 3.05) is 5.32 Å². The number of anilines is 1. The maximum atomic E-state index is 12.6. The Morgan fingerprint density at radius 3 is 2.52 bits per heavy atom. The zero-order chi connectivity index (χ0) is 20.0. The minimum Gasteiger partial charge on any atom is -0.321 e. The van der Waals surface area contributed by atoms with Gasteiger partial charge in [-0.2, -0.15) is 0 Å². The summed E-state index contributed by atoms with van der Waals surface area (Å²) in [5.74, 6) is 0.271. The number of benzene rings is 1. The standard InChI is InChI=1S/C22H16Cl2N4O/c23-16-7-9-18(25-11-16)13-1-5-15(6-2-13)22(29)26-17-8-10-19-27-20(14-3-4-14)21(24)28(19)12-17/h1-2,5-12,14H,3-4H2,(H,26,29). The number of carbonyl (C=O) groups is 1. The van der Waals surface area contributed by atoms with Crippen LogP contribution in [0.15, 0.2) is 60.9 Å². The Kier molecular flexibility index (Phi) is 4.49. The van der Waals surface area contributed by atoms with Gasteiger partial charge in [0.1, 0.15) is 10.8 Å². The van der Waals surface area contributed by atoms with Crippen molar-refractivity contribution < 1.29 is 4.79 Å². The van der Waals surface area contributed by atoms with E-state index in [9.17, 15) is 4.79 Å². The molecule has 3 heterocycles. The summed E-state index contributed by atoms with van der Waals surface area (Å²) >= 11 is 12.4. The van der Waals surface area contributed by atoms with Crippen LogP contribution in [-0.2, 0) is 0 Å². The molecular formula is C22H16Cl2N4O. The molecule has 0 radical (unpaired) electrons. The molecule has 0 aliphatic heterocycles. The van der Waals surface area contributed by atoms with E-state index in [1.807, 2.05) is 34.7 Å². The Hall–Kier alpha value is -2.89. The molecule has 1 amide bonds. The number of aromatic nitrogens is 3. The van der Waals surface area contributed by atoms with Gasteiger partial charge in [0.15, 0.2) is 0 Å². The number of halogens is 2. The summed E-state index contributed by atoms with van der Waals surface area (Å²) in [6, 6.07) is 14.6. The molecule has 5 rings (SSSR count). The predicted octanol–water partition coefficient (Wildman–Crippen LogP) is 5.83. The Labute approximate surface area is 177 Å². The zero-order valence-electron chi connectivity index (χ0n) is 15.3. The molecule has 1 aromatic carbocycles. The number of hydrogen-bond donors (Lipinski definition) is 1. The van der Waals surface area contributed by atoms with Gasteiger partial charge in [0, 0.05) is 29.4 Å². The van der Waals surface area contributed by atoms with Crippen LogP contribution in [0.25, 0.3) is 16.9 Å². The van der Waals surface area contributed by atoms with Gasteiger partial charge in [-0.05, 0) is 49.2 Å². The van der Waals surface area contributed by atoms with Gasteiger partial charge >= 0.3 is 0 Å². The van der Waals surface area contributed by atoms with Crippen molar-refractivity contribution in [3.8, 4) is 11.3 Å². The molecule has 1 aliphatic rings. The molecule has 1 saturated carbocycles. The fourth-order valence-electron chi connectivity index (χ4n) is 3.27. The van der Waals surface area contributed by atoms with Crippen molar-refractivity contribution >= 4 is 40.4 Å². The van der Waals surface area contributed by atoms with Crippen LogP contribution in [0, 0.1) is 0 Å². The van der Waals surface area contributed by atoms with Gasteiger partial charge in [0.05, 0.1) is 22.1 Å². The van der Waals surface area contributed by atoms with E-state index in [1.54, 1.807) is 30.6 Å². The average Bonchev–Trinajstić information content (AvgIpc) is 3.53. The number of imidazole rings is 1. The van der Waals surface area contributed by atoms with E-state index >= 15 is 0 Å². The first-order valence-electron chi connectivity index (χ1n) is 9.29. The zero-order valence-corrected chi connectivity index (χ0v) is 16.8. The van der Waals surface area contributed by atoms with Gasteiger partial charge in [-0.1, -0.05) is 35.3 Å². The highest BCUT2D eigenvalue weighted by atomic mass is 35.5. The topological polar surface area (TPSA) is 59.3 Å². The summed E-state index contributed by atoms with van der Waals surface area (Å²) in [6.07, 6.45) is 5.67. The van der Waals surface area contributed by atoms with Crippen LogP contribution in [0.5, 0.6) is 0 Å². The smallest absolute Gasteiger partial charge is 0.255 e. The van der Waals surface area contributed by atoms with Crippen molar-refractivity contribution in [1.29, 1.82) is 0 Å². The fourth-order valence-corrected chi connectivity index (χ4v) is 3.71. The summed E-state index contributed by atoms with van der Waals surface area (Å²) in [6.45, 7) is 0. The highest BCUT2D eigenvalue weighted by Gasteiger charge is 2.29. The van der Waals surface area contributed by atoms with Gasteiger partial charge in [0.2, 0.25) is 0 Å². The molecule has 144 valence electrons. The molecule has 1 fully saturated rings. The maximum absolute atomic E-state index is 12.6. The van der Waals surface area contributed by atoms with Crippen molar-refractivity contribution in [2.45, 2.75) is 18.8 Å². The lowest BCUT2D eigenvalue weighted by Crippen LogP contribution is -2.12. The molecule has 1 aliphatic carbocycles. The van der Waals surface area contributed by atoms with Crippen LogP contribution >= 0.6 is 23.2 Å². The quantitative estimate of drug-likeness (QED) is 0.449. The largest absolute Gasteiger partial charge is 0.321 e. The molecule has 3 aromatic heterocycles. The third-order valence-electron chi connectivity index (χ3n) is 4.98. The van der Waals surface area contributed by atoms with Gasteiger partial charge in [-0.15, -0.1) is 0 Å². The van der Waals surface area contributed by atoms with Gasteiger partial charge < -0.3 is 5.32 Å². The summed E-state index contributed by atoms with van der Waals surface area (Å²) < 4.78 is 1.82. The van der Waals surface area contributed by atoms with Crippen molar-refractivity contribution in [1.82, 2.24) is 14.4 Å². The summed E-state index contributed by atoms with van der Waals surface area (Å²) in [4.78, 5) is 21.5. The number of pyridine rings is 2. The molecule has 5 nitrogen and oxygen atoms in total. The molecule has 0 spiro atoms. The minimum absolute atomic E-state index is 0.196. The number of hydrogen-bond acceptors (Lipinski definition) is 3. The summed E-state index contributed by atoms with van der Waals surface area (Å²) in [7, 11) is 0. The number of carbonyl (C=O) groups excluding carboxylic acids is 1. The van der Waals surface area contributed by atoms with Crippen molar-refractivity contribution in [2.24, 2.45) is 0 Å². The normalized spacial score (nSPS) is 13.6. The lowest BCUT2D eigenvalue weighted by molar-refractivity contribution is 0.102. The van der Waals surface area contributed by atoms with Crippen LogP contribution in [0.4, 0.5) is 5.69 Å². The predicted molar refractivity (Wildman–Crippen MR) is 115 cm³/mol. The van der Waals surface area contributed by atoms with Gasteiger partial charge in [0.25, 0.3) is 5.91 Å². The molecular weight excluding hydrogens is 407 g/mol. The lowest BCUT2D eigenvalue weighted by atomic mass is 10.1. The molecule has 0 bridgehead atoms. The van der Waals surface area contributed by atoms with E-state index in [0.717, 1.165) is 35.4 Å². The summed E-state index contributed by atoms with van der Waals surface area (Å²) in [5, 5.41) is 4.13. The number of nitrogens with zero attached hydrogens (tertiary/aromatic N) is 3. The third kappa shape index (κ3) is 3.59. The van der Waals surface area contributed by atoms with Crippen molar-refractivity contribution in [3.63, 3.8) is 0 Å². The molecule has 29 heavy (non-hydrogen) atoms. The first-order valence-corrected chi connectivity index (χ1v) is 10.0. The Morgan fingerprint density at radius 1 is 1.03 bits per heavy atom. The number of fused-ring (bicyclic) bond motifs is 1. The van der Waals surface area contributed by atoms with E-state index in [-0.39, 0.29) is 5.91 Å². The summed E-state index contributed by atoms with van der Waals surface area (Å²) in [5.41, 5.74) is 4.66. The second-order valence-electron chi connectivity index (χ2n) is 7.10. The number of nitrogens with one attached hydrogen (secondary N) is 1. The molecule has 7 heteroatoms. The van der Waals surface area contributed by atoms with E-state index < -0.39 is 0 Å². The second kappa shape index (κ2) is 7.17. The number of rotatable bonds is 4. The van der Waals surface area contributed by atoms with E-state index in [1.165, 1.54) is 0 Å². The fraction of sp³-hybridized carbons (Fsp3) is 0.136. The molecule has 0 unspecified atom stereocenters.